The summed E-state index contributed by atoms with van der Waals surface area (Å²) in [4.78, 5) is 23.6. The zero-order chi connectivity index (χ0) is 27.3. The summed E-state index contributed by atoms with van der Waals surface area (Å²) in [5.41, 5.74) is 2.72. The summed E-state index contributed by atoms with van der Waals surface area (Å²) >= 11 is 1.64. The molecule has 1 aromatic carbocycles. The highest BCUT2D eigenvalue weighted by molar-refractivity contribution is 7.91. The van der Waals surface area contributed by atoms with Crippen molar-refractivity contribution in [3.63, 3.8) is 0 Å². The van der Waals surface area contributed by atoms with Crippen LogP contribution in [0.3, 0.4) is 0 Å². The monoisotopic (exact) mass is 565 g/mol. The van der Waals surface area contributed by atoms with E-state index in [0.29, 0.717) is 13.1 Å². The number of pyridine rings is 1. The second-order valence-corrected chi connectivity index (χ2v) is 13.8. The smallest absolute Gasteiger partial charge is 0.224 e. The summed E-state index contributed by atoms with van der Waals surface area (Å²) in [6.45, 7) is 1.13. The number of rotatable bonds is 5. The van der Waals surface area contributed by atoms with Gasteiger partial charge in [0.05, 0.1) is 22.5 Å². The third-order valence-electron chi connectivity index (χ3n) is 7.58. The van der Waals surface area contributed by atoms with Crippen LogP contribution in [0.5, 0.6) is 0 Å². The predicted octanol–water partition coefficient (Wildman–Crippen LogP) is 5.09. The molecular weight excluding hydrogens is 530 g/mol. The van der Waals surface area contributed by atoms with Crippen LogP contribution in [0.4, 0.5) is 5.69 Å². The molecule has 3 fully saturated rings. The van der Waals surface area contributed by atoms with Crippen molar-refractivity contribution >= 4 is 32.8 Å². The molecular formula is C29H35N5O3S2. The molecule has 10 heteroatoms. The maximum Gasteiger partial charge on any atom is 0.224 e. The van der Waals surface area contributed by atoms with Gasteiger partial charge in [-0.25, -0.2) is 13.4 Å². The van der Waals surface area contributed by atoms with Crippen LogP contribution in [-0.4, -0.2) is 54.4 Å². The Hall–Kier alpha value is -3.29. The van der Waals surface area contributed by atoms with Gasteiger partial charge in [0.15, 0.2) is 9.84 Å². The van der Waals surface area contributed by atoms with E-state index in [-0.39, 0.29) is 24.8 Å². The number of hydrogen-bond donors (Lipinski definition) is 1. The van der Waals surface area contributed by atoms with E-state index in [1.54, 1.807) is 17.5 Å². The van der Waals surface area contributed by atoms with Crippen LogP contribution in [-0.2, 0) is 14.6 Å². The third kappa shape index (κ3) is 7.02. The number of carbonyl (C=O) groups is 1. The van der Waals surface area contributed by atoms with Crippen molar-refractivity contribution in [2.24, 2.45) is 5.92 Å². The van der Waals surface area contributed by atoms with E-state index in [1.807, 2.05) is 24.5 Å². The minimum atomic E-state index is -2.85. The summed E-state index contributed by atoms with van der Waals surface area (Å²) in [7, 11) is -2.85. The minimum Gasteiger partial charge on any atom is -0.369 e. The quantitative estimate of drug-likeness (QED) is 0.458. The van der Waals surface area contributed by atoms with Gasteiger partial charge in [-0.3, -0.25) is 9.78 Å². The fraction of sp³-hybridized carbons (Fsp3) is 0.448. The number of anilines is 1. The molecule has 3 aliphatic rings. The molecule has 39 heavy (non-hydrogen) atoms. The van der Waals surface area contributed by atoms with Crippen LogP contribution < -0.4 is 10.2 Å². The summed E-state index contributed by atoms with van der Waals surface area (Å²) in [6, 6.07) is 14.3. The van der Waals surface area contributed by atoms with E-state index < -0.39 is 15.4 Å². The largest absolute Gasteiger partial charge is 0.369 e. The minimum absolute atomic E-state index is 0. The number of nitrogens with zero attached hydrogens (tertiary/aromatic N) is 4. The van der Waals surface area contributed by atoms with Crippen molar-refractivity contribution in [3.05, 3.63) is 55.0 Å². The number of nitriles is 1. The molecule has 2 saturated carbocycles. The van der Waals surface area contributed by atoms with Crippen LogP contribution in [0.1, 0.15) is 46.4 Å². The Morgan fingerprint density at radius 3 is 2.38 bits per heavy atom. The predicted molar refractivity (Wildman–Crippen MR) is 156 cm³/mol. The number of aromatic nitrogens is 2. The van der Waals surface area contributed by atoms with Gasteiger partial charge < -0.3 is 10.2 Å². The van der Waals surface area contributed by atoms with Gasteiger partial charge in [-0.05, 0) is 55.5 Å². The SMILES string of the molecule is N#CC1(NC(=O)C2CCCCC2)CC1.O=S1(=O)CCN(c2ccc(-c3cnc(-c4cccnc4)s3)cc2)CC1.[HH]. The highest BCUT2D eigenvalue weighted by Gasteiger charge is 2.45. The number of benzene rings is 1. The van der Waals surface area contributed by atoms with Crippen molar-refractivity contribution < 1.29 is 14.6 Å². The average Bonchev–Trinajstić information content (AvgIpc) is 3.57. The first-order valence-corrected chi connectivity index (χ1v) is 16.2. The number of carbonyl (C=O) groups excluding carboxylic acids is 1. The van der Waals surface area contributed by atoms with Gasteiger partial charge in [-0.15, -0.1) is 11.3 Å². The number of hydrogen-bond acceptors (Lipinski definition) is 8. The summed E-state index contributed by atoms with van der Waals surface area (Å²) in [5, 5.41) is 12.7. The highest BCUT2D eigenvalue weighted by Crippen LogP contribution is 2.36. The summed E-state index contributed by atoms with van der Waals surface area (Å²) in [5.74, 6) is 0.759. The molecule has 1 amide bonds. The van der Waals surface area contributed by atoms with Crippen molar-refractivity contribution in [3.8, 4) is 27.1 Å². The van der Waals surface area contributed by atoms with Crippen molar-refractivity contribution in [2.75, 3.05) is 29.5 Å². The van der Waals surface area contributed by atoms with E-state index >= 15 is 0 Å². The number of nitrogens with one attached hydrogen (secondary N) is 1. The fourth-order valence-corrected chi connectivity index (χ4v) is 7.04. The lowest BCUT2D eigenvalue weighted by atomic mass is 9.88. The van der Waals surface area contributed by atoms with Gasteiger partial charge >= 0.3 is 0 Å². The van der Waals surface area contributed by atoms with E-state index in [9.17, 15) is 13.2 Å². The fourth-order valence-electron chi connectivity index (χ4n) is 4.93. The van der Waals surface area contributed by atoms with Crippen LogP contribution in [0, 0.1) is 17.2 Å². The molecule has 1 N–H and O–H groups in total. The maximum absolute atomic E-state index is 11.8. The second kappa shape index (κ2) is 11.8. The molecule has 3 heterocycles. The lowest BCUT2D eigenvalue weighted by Crippen LogP contribution is -2.40. The Bertz CT molecular complexity index is 1410. The normalized spacial score (nSPS) is 19.7. The van der Waals surface area contributed by atoms with Gasteiger partial charge in [-0.1, -0.05) is 31.4 Å². The van der Waals surface area contributed by atoms with Gasteiger partial charge in [-0.2, -0.15) is 5.26 Å². The molecule has 0 spiro atoms. The molecule has 206 valence electrons. The van der Waals surface area contributed by atoms with Gasteiger partial charge in [0, 0.05) is 50.3 Å². The van der Waals surface area contributed by atoms with E-state index in [0.717, 1.165) is 65.2 Å². The van der Waals surface area contributed by atoms with E-state index in [1.165, 1.54) is 6.42 Å². The number of thiazole rings is 1. The molecule has 2 aromatic heterocycles. The first-order valence-electron chi connectivity index (χ1n) is 13.5. The molecule has 2 aliphatic carbocycles. The molecule has 6 rings (SSSR count). The zero-order valence-electron chi connectivity index (χ0n) is 21.9. The lowest BCUT2D eigenvalue weighted by Gasteiger charge is -2.28. The van der Waals surface area contributed by atoms with Gasteiger partial charge in [0.25, 0.3) is 0 Å². The molecule has 0 bridgehead atoms. The summed E-state index contributed by atoms with van der Waals surface area (Å²) in [6.07, 6.45) is 12.7. The van der Waals surface area contributed by atoms with E-state index in [4.69, 9.17) is 5.26 Å². The first-order chi connectivity index (χ1) is 18.9. The molecule has 0 unspecified atom stereocenters. The van der Waals surface area contributed by atoms with Crippen molar-refractivity contribution in [2.45, 2.75) is 50.5 Å². The molecule has 0 radical (unpaired) electrons. The lowest BCUT2D eigenvalue weighted by molar-refractivity contribution is -0.126. The Morgan fingerprint density at radius 1 is 1.05 bits per heavy atom. The molecule has 1 aliphatic heterocycles. The third-order valence-corrected chi connectivity index (χ3v) is 10.3. The summed E-state index contributed by atoms with van der Waals surface area (Å²) < 4.78 is 23.1. The average molecular weight is 566 g/mol. The van der Waals surface area contributed by atoms with E-state index in [2.05, 4.69) is 50.5 Å². The van der Waals surface area contributed by atoms with Crippen LogP contribution in [0.2, 0.25) is 0 Å². The Kier molecular flexibility index (Phi) is 8.29. The zero-order valence-corrected chi connectivity index (χ0v) is 23.5. The molecule has 1 saturated heterocycles. The Morgan fingerprint density at radius 2 is 1.77 bits per heavy atom. The van der Waals surface area contributed by atoms with Gasteiger partial charge in [0.1, 0.15) is 10.5 Å². The standard InChI is InChI=1S/C18H17N3O2S2.C11H16N2O.H2/c22-25(23)10-8-21(9-11-25)16-5-3-14(4-6-16)17-13-20-18(24-17)15-2-1-7-19-12-15;12-8-11(6-7-11)13-10(14)9-4-2-1-3-5-9;/h1-7,12-13H,8-11H2;9H,1-7H2,(H,13,14);1H. The van der Waals surface area contributed by atoms with Crippen molar-refractivity contribution in [1.29, 1.82) is 5.26 Å². The van der Waals surface area contributed by atoms with Gasteiger partial charge in [0.2, 0.25) is 5.91 Å². The molecule has 8 nitrogen and oxygen atoms in total. The Balaban J connectivity index is 0.000000210. The van der Waals surface area contributed by atoms with Crippen LogP contribution >= 0.6 is 11.3 Å². The number of amides is 1. The second-order valence-electron chi connectivity index (χ2n) is 10.5. The molecule has 0 atom stereocenters. The van der Waals surface area contributed by atoms with Crippen molar-refractivity contribution in [1.82, 2.24) is 15.3 Å². The topological polar surface area (TPSA) is 116 Å². The molecule has 3 aromatic rings. The first kappa shape index (κ1) is 27.3. The highest BCUT2D eigenvalue weighted by atomic mass is 32.2. The number of sulfone groups is 1. The van der Waals surface area contributed by atoms with Crippen LogP contribution in [0.15, 0.2) is 55.0 Å². The Labute approximate surface area is 235 Å². The van der Waals surface area contributed by atoms with Crippen LogP contribution in [0.25, 0.3) is 21.0 Å². The maximum atomic E-state index is 11.8.